The molecule has 0 aromatic heterocycles. The van der Waals surface area contributed by atoms with Crippen LogP contribution in [0.5, 0.6) is 0 Å². The summed E-state index contributed by atoms with van der Waals surface area (Å²) in [7, 11) is 0. The number of hydrogen-bond acceptors (Lipinski definition) is 2. The largest absolute Gasteiger partial charge is 0.315 e. The van der Waals surface area contributed by atoms with Crippen LogP contribution in [0.3, 0.4) is 0 Å². The van der Waals surface area contributed by atoms with Gasteiger partial charge in [-0.2, -0.15) is 0 Å². The lowest BCUT2D eigenvalue weighted by Crippen LogP contribution is -2.35. The number of rotatable bonds is 0. The summed E-state index contributed by atoms with van der Waals surface area (Å²) < 4.78 is 0. The molecule has 0 aromatic carbocycles. The van der Waals surface area contributed by atoms with Gasteiger partial charge in [-0.25, -0.2) is 0 Å². The predicted molar refractivity (Wildman–Crippen MR) is 46.6 cm³/mol. The van der Waals surface area contributed by atoms with Crippen molar-refractivity contribution in [3.05, 3.63) is 0 Å². The molecule has 11 heavy (non-hydrogen) atoms. The van der Waals surface area contributed by atoms with Gasteiger partial charge in [0.15, 0.2) is 0 Å². The lowest BCUT2D eigenvalue weighted by atomic mass is 9.86. The lowest BCUT2D eigenvalue weighted by molar-refractivity contribution is 0.292. The molecule has 0 radical (unpaired) electrons. The van der Waals surface area contributed by atoms with Gasteiger partial charge in [0, 0.05) is 26.2 Å². The molecule has 64 valence electrons. The Morgan fingerprint density at radius 2 is 1.36 bits per heavy atom. The maximum atomic E-state index is 3.52. The molecule has 1 spiro atoms. The molecule has 0 atom stereocenters. The van der Waals surface area contributed by atoms with Crippen LogP contribution in [-0.4, -0.2) is 26.2 Å². The van der Waals surface area contributed by atoms with Gasteiger partial charge in [0.05, 0.1) is 0 Å². The first-order valence-corrected chi connectivity index (χ1v) is 4.83. The van der Waals surface area contributed by atoms with Crippen molar-refractivity contribution < 1.29 is 0 Å². The zero-order valence-electron chi connectivity index (χ0n) is 7.16. The second kappa shape index (κ2) is 3.11. The Morgan fingerprint density at radius 1 is 0.818 bits per heavy atom. The highest BCUT2D eigenvalue weighted by Crippen LogP contribution is 2.37. The van der Waals surface area contributed by atoms with Crippen molar-refractivity contribution in [1.29, 1.82) is 0 Å². The minimum atomic E-state index is 0.635. The molecule has 1 aliphatic carbocycles. The monoisotopic (exact) mass is 154 g/mol. The van der Waals surface area contributed by atoms with E-state index in [9.17, 15) is 0 Å². The molecule has 0 unspecified atom stereocenters. The molecule has 1 aliphatic heterocycles. The van der Waals surface area contributed by atoms with E-state index in [0.29, 0.717) is 5.41 Å². The Balaban J connectivity index is 1.97. The van der Waals surface area contributed by atoms with Crippen LogP contribution in [0.4, 0.5) is 0 Å². The Morgan fingerprint density at radius 3 is 1.91 bits per heavy atom. The molecule has 1 saturated carbocycles. The summed E-state index contributed by atoms with van der Waals surface area (Å²) in [6, 6.07) is 0. The third kappa shape index (κ3) is 1.57. The van der Waals surface area contributed by atoms with E-state index in [0.717, 1.165) is 13.1 Å². The van der Waals surface area contributed by atoms with Gasteiger partial charge in [-0.1, -0.05) is 12.8 Å². The Kier molecular flexibility index (Phi) is 2.14. The predicted octanol–water partition coefficient (Wildman–Crippen LogP) is 0.740. The van der Waals surface area contributed by atoms with E-state index in [-0.39, 0.29) is 0 Å². The van der Waals surface area contributed by atoms with Crippen molar-refractivity contribution >= 4 is 0 Å². The molecule has 1 saturated heterocycles. The van der Waals surface area contributed by atoms with Crippen LogP contribution in [0, 0.1) is 5.41 Å². The third-order valence-corrected chi connectivity index (χ3v) is 3.14. The first-order valence-electron chi connectivity index (χ1n) is 4.83. The van der Waals surface area contributed by atoms with Crippen molar-refractivity contribution in [2.45, 2.75) is 25.7 Å². The fraction of sp³-hybridized carbons (Fsp3) is 1.00. The second-order valence-corrected chi connectivity index (χ2v) is 4.06. The van der Waals surface area contributed by atoms with Crippen molar-refractivity contribution in [2.75, 3.05) is 26.2 Å². The molecule has 2 N–H and O–H groups in total. The molecule has 0 bridgehead atoms. The Labute approximate surface area is 68.7 Å². The maximum absolute atomic E-state index is 3.52. The van der Waals surface area contributed by atoms with Gasteiger partial charge in [-0.3, -0.25) is 0 Å². The van der Waals surface area contributed by atoms with Crippen LogP contribution in [0.2, 0.25) is 0 Å². The molecule has 2 rings (SSSR count). The van der Waals surface area contributed by atoms with Gasteiger partial charge >= 0.3 is 0 Å². The summed E-state index contributed by atoms with van der Waals surface area (Å²) in [6.45, 7) is 4.81. The van der Waals surface area contributed by atoms with E-state index >= 15 is 0 Å². The smallest absolute Gasteiger partial charge is 0.00769 e. The van der Waals surface area contributed by atoms with Gasteiger partial charge in [-0.05, 0) is 18.3 Å². The topological polar surface area (TPSA) is 24.1 Å². The highest BCUT2D eigenvalue weighted by molar-refractivity contribution is 4.90. The van der Waals surface area contributed by atoms with E-state index in [1.165, 1.54) is 38.8 Å². The van der Waals surface area contributed by atoms with E-state index in [4.69, 9.17) is 0 Å². The molecular weight excluding hydrogens is 136 g/mol. The minimum Gasteiger partial charge on any atom is -0.315 e. The van der Waals surface area contributed by atoms with Gasteiger partial charge in [0.25, 0.3) is 0 Å². The maximum Gasteiger partial charge on any atom is 0.00769 e. The summed E-state index contributed by atoms with van der Waals surface area (Å²) in [5, 5.41) is 7.04. The summed E-state index contributed by atoms with van der Waals surface area (Å²) in [5.74, 6) is 0. The zero-order chi connectivity index (χ0) is 7.57. The van der Waals surface area contributed by atoms with Crippen LogP contribution >= 0.6 is 0 Å². The van der Waals surface area contributed by atoms with E-state index in [1.54, 1.807) is 0 Å². The molecule has 2 nitrogen and oxygen atoms in total. The normalized spacial score (nSPS) is 30.5. The minimum absolute atomic E-state index is 0.635. The van der Waals surface area contributed by atoms with E-state index in [2.05, 4.69) is 10.6 Å². The highest BCUT2D eigenvalue weighted by Gasteiger charge is 2.33. The fourth-order valence-corrected chi connectivity index (χ4v) is 2.42. The third-order valence-electron chi connectivity index (χ3n) is 3.14. The number of hydrogen-bond donors (Lipinski definition) is 2. The van der Waals surface area contributed by atoms with E-state index in [1.807, 2.05) is 0 Å². The molecule has 2 fully saturated rings. The molecule has 2 heteroatoms. The first kappa shape index (κ1) is 7.56. The summed E-state index contributed by atoms with van der Waals surface area (Å²) in [6.07, 6.45) is 5.77. The van der Waals surface area contributed by atoms with Gasteiger partial charge < -0.3 is 10.6 Å². The SMILES string of the molecule is C1CCC2(C1)CNCCNC2. The summed E-state index contributed by atoms with van der Waals surface area (Å²) in [4.78, 5) is 0. The average Bonchev–Trinajstić information content (AvgIpc) is 2.32. The molecule has 0 aromatic rings. The quantitative estimate of drug-likeness (QED) is 0.538. The summed E-state index contributed by atoms with van der Waals surface area (Å²) >= 11 is 0. The standard InChI is InChI=1S/C9H18N2/c1-2-4-9(3-1)7-10-5-6-11-8-9/h10-11H,1-8H2. The second-order valence-electron chi connectivity index (χ2n) is 4.06. The van der Waals surface area contributed by atoms with Crippen molar-refractivity contribution in [2.24, 2.45) is 5.41 Å². The van der Waals surface area contributed by atoms with Crippen LogP contribution in [0.1, 0.15) is 25.7 Å². The van der Waals surface area contributed by atoms with Crippen molar-refractivity contribution in [1.82, 2.24) is 10.6 Å². The molecule has 2 aliphatic rings. The average molecular weight is 154 g/mol. The van der Waals surface area contributed by atoms with Crippen LogP contribution in [0.25, 0.3) is 0 Å². The lowest BCUT2D eigenvalue weighted by Gasteiger charge is -2.26. The van der Waals surface area contributed by atoms with Crippen LogP contribution in [-0.2, 0) is 0 Å². The summed E-state index contributed by atoms with van der Waals surface area (Å²) in [5.41, 5.74) is 0.635. The highest BCUT2D eigenvalue weighted by atomic mass is 15.0. The van der Waals surface area contributed by atoms with Gasteiger partial charge in [0.2, 0.25) is 0 Å². The van der Waals surface area contributed by atoms with Gasteiger partial charge in [-0.15, -0.1) is 0 Å². The number of nitrogens with one attached hydrogen (secondary N) is 2. The fourth-order valence-electron chi connectivity index (χ4n) is 2.42. The molecule has 1 heterocycles. The van der Waals surface area contributed by atoms with Gasteiger partial charge in [0.1, 0.15) is 0 Å². The molecule has 0 amide bonds. The van der Waals surface area contributed by atoms with Crippen LogP contribution in [0.15, 0.2) is 0 Å². The van der Waals surface area contributed by atoms with E-state index < -0.39 is 0 Å². The van der Waals surface area contributed by atoms with Crippen molar-refractivity contribution in [3.8, 4) is 0 Å². The van der Waals surface area contributed by atoms with Crippen LogP contribution < -0.4 is 10.6 Å². The molecular formula is C9H18N2. The Hall–Kier alpha value is -0.0800. The zero-order valence-corrected chi connectivity index (χ0v) is 7.16. The Bertz CT molecular complexity index is 118. The van der Waals surface area contributed by atoms with Crippen molar-refractivity contribution in [3.63, 3.8) is 0 Å². The first-order chi connectivity index (χ1) is 5.41.